The fraction of sp³-hybridized carbons (Fsp3) is 0.214. The Morgan fingerprint density at radius 1 is 1.35 bits per heavy atom. The van der Waals surface area contributed by atoms with Crippen molar-refractivity contribution in [2.45, 2.75) is 19.6 Å². The van der Waals surface area contributed by atoms with E-state index in [-0.39, 0.29) is 27.4 Å². The Morgan fingerprint density at radius 3 is 2.57 bits per heavy atom. The van der Waals surface area contributed by atoms with Crippen LogP contribution in [0.25, 0.3) is 0 Å². The number of carbonyl (C=O) groups is 2. The number of rotatable bonds is 5. The van der Waals surface area contributed by atoms with Crippen LogP contribution in [0.1, 0.15) is 23.0 Å². The first-order valence-corrected chi connectivity index (χ1v) is 7.95. The van der Waals surface area contributed by atoms with Crippen molar-refractivity contribution in [3.05, 3.63) is 50.7 Å². The number of carbonyl (C=O) groups excluding carboxylic acids is 2. The minimum atomic E-state index is -1.04. The average Bonchev–Trinajstić information content (AvgIpc) is 2.86. The van der Waals surface area contributed by atoms with Crippen molar-refractivity contribution in [1.82, 2.24) is 9.69 Å². The molecule has 0 aliphatic heterocycles. The zero-order valence-corrected chi connectivity index (χ0v) is 14.1. The largest absolute Gasteiger partial charge is 0.448 e. The molecule has 0 radical (unpaired) electrons. The molecular formula is C14H11Cl2FN2O3S. The maximum atomic E-state index is 12.8. The van der Waals surface area contributed by atoms with Crippen LogP contribution in [0.3, 0.4) is 0 Å². The molecular weight excluding hydrogens is 366 g/mol. The summed E-state index contributed by atoms with van der Waals surface area (Å²) in [5, 5.41) is 2.58. The van der Waals surface area contributed by atoms with Crippen LogP contribution in [-0.2, 0) is 16.1 Å². The van der Waals surface area contributed by atoms with E-state index < -0.39 is 18.0 Å². The number of halogens is 3. The van der Waals surface area contributed by atoms with Crippen LogP contribution in [0.5, 0.6) is 0 Å². The molecule has 0 unspecified atom stereocenters. The third kappa shape index (κ3) is 4.63. The smallest absolute Gasteiger partial charge is 0.360 e. The molecule has 9 heteroatoms. The standard InChI is InChI=1S/C14H11Cl2FN2O3S/c1-7(22-14(21)11-10(15)12(16)23-19-11)13(20)18-6-8-2-4-9(17)5-3-8/h2-5,7H,6H2,1H3,(H,18,20)/t7-/m0/s1. The first-order chi connectivity index (χ1) is 10.9. The molecule has 5 nitrogen and oxygen atoms in total. The SMILES string of the molecule is C[C@H](OC(=O)c1nsc(Cl)c1Cl)C(=O)NCc1ccc(F)cc1. The summed E-state index contributed by atoms with van der Waals surface area (Å²) in [4.78, 5) is 23.8. The molecule has 1 atom stereocenters. The van der Waals surface area contributed by atoms with Gasteiger partial charge in [0.05, 0.1) is 0 Å². The number of benzene rings is 1. The van der Waals surface area contributed by atoms with E-state index in [2.05, 4.69) is 9.69 Å². The summed E-state index contributed by atoms with van der Waals surface area (Å²) in [5.41, 5.74) is 0.590. The molecule has 1 aromatic carbocycles. The van der Waals surface area contributed by atoms with E-state index in [1.165, 1.54) is 19.1 Å². The van der Waals surface area contributed by atoms with Crippen LogP contribution in [0.2, 0.25) is 9.36 Å². The van der Waals surface area contributed by atoms with Gasteiger partial charge >= 0.3 is 5.97 Å². The molecule has 0 fully saturated rings. The summed E-state index contributed by atoms with van der Waals surface area (Å²) in [6.45, 7) is 1.60. The van der Waals surface area contributed by atoms with Crippen molar-refractivity contribution < 1.29 is 18.7 Å². The Balaban J connectivity index is 1.88. The molecule has 2 rings (SSSR count). The lowest BCUT2D eigenvalue weighted by Gasteiger charge is -2.13. The number of hydrogen-bond acceptors (Lipinski definition) is 5. The maximum Gasteiger partial charge on any atom is 0.360 e. The van der Waals surface area contributed by atoms with E-state index >= 15 is 0 Å². The first kappa shape index (κ1) is 17.7. The number of amides is 1. The van der Waals surface area contributed by atoms with E-state index in [1.807, 2.05) is 0 Å². The predicted octanol–water partition coefficient (Wildman–Crippen LogP) is 3.45. The van der Waals surface area contributed by atoms with Gasteiger partial charge in [0.1, 0.15) is 15.2 Å². The minimum absolute atomic E-state index is 0.000544. The van der Waals surface area contributed by atoms with Crippen molar-refractivity contribution in [3.8, 4) is 0 Å². The second-order valence-corrected chi connectivity index (χ2v) is 6.26. The van der Waals surface area contributed by atoms with Crippen LogP contribution in [-0.4, -0.2) is 22.4 Å². The van der Waals surface area contributed by atoms with Gasteiger partial charge in [-0.3, -0.25) is 4.79 Å². The van der Waals surface area contributed by atoms with Crippen molar-refractivity contribution in [2.75, 3.05) is 0 Å². The van der Waals surface area contributed by atoms with Gasteiger partial charge in [-0.15, -0.1) is 0 Å². The van der Waals surface area contributed by atoms with Gasteiger partial charge in [-0.25, -0.2) is 9.18 Å². The topological polar surface area (TPSA) is 68.3 Å². The molecule has 0 aliphatic rings. The van der Waals surface area contributed by atoms with Crippen molar-refractivity contribution >= 4 is 46.6 Å². The summed E-state index contributed by atoms with van der Waals surface area (Å²) in [6.07, 6.45) is -1.04. The fourth-order valence-corrected chi connectivity index (χ4v) is 2.57. The molecule has 0 saturated heterocycles. The number of hydrogen-bond donors (Lipinski definition) is 1. The monoisotopic (exact) mass is 376 g/mol. The second kappa shape index (κ2) is 7.72. The zero-order valence-electron chi connectivity index (χ0n) is 11.8. The molecule has 0 bridgehead atoms. The van der Waals surface area contributed by atoms with Crippen LogP contribution in [0, 0.1) is 5.82 Å². The molecule has 0 spiro atoms. The van der Waals surface area contributed by atoms with Gasteiger partial charge in [-0.2, -0.15) is 4.37 Å². The zero-order chi connectivity index (χ0) is 17.0. The Kier molecular flexibility index (Phi) is 5.92. The van der Waals surface area contributed by atoms with Gasteiger partial charge < -0.3 is 10.1 Å². The molecule has 0 aliphatic carbocycles. The molecule has 122 valence electrons. The average molecular weight is 377 g/mol. The Bertz CT molecular complexity index is 721. The van der Waals surface area contributed by atoms with Crippen LogP contribution in [0.15, 0.2) is 24.3 Å². The van der Waals surface area contributed by atoms with Crippen LogP contribution >= 0.6 is 34.7 Å². The van der Waals surface area contributed by atoms with E-state index in [4.69, 9.17) is 27.9 Å². The molecule has 0 saturated carbocycles. The molecule has 1 aromatic heterocycles. The third-order valence-electron chi connectivity index (χ3n) is 2.82. The highest BCUT2D eigenvalue weighted by molar-refractivity contribution is 7.11. The molecule has 2 aromatic rings. The van der Waals surface area contributed by atoms with E-state index in [9.17, 15) is 14.0 Å². The normalized spacial score (nSPS) is 11.8. The first-order valence-electron chi connectivity index (χ1n) is 6.42. The number of nitrogens with zero attached hydrogens (tertiary/aromatic N) is 1. The third-order valence-corrected chi connectivity index (χ3v) is 4.43. The molecule has 1 N–H and O–H groups in total. The van der Waals surface area contributed by atoms with Gasteiger partial charge in [0.2, 0.25) is 0 Å². The Hall–Kier alpha value is -1.70. The fourth-order valence-electron chi connectivity index (χ4n) is 1.59. The number of nitrogens with one attached hydrogen (secondary N) is 1. The van der Waals surface area contributed by atoms with Gasteiger partial charge in [-0.05, 0) is 36.2 Å². The molecule has 1 heterocycles. The van der Waals surface area contributed by atoms with Crippen LogP contribution < -0.4 is 5.32 Å². The van der Waals surface area contributed by atoms with E-state index in [1.54, 1.807) is 12.1 Å². The summed E-state index contributed by atoms with van der Waals surface area (Å²) >= 11 is 12.4. The Labute approximate surface area is 145 Å². The van der Waals surface area contributed by atoms with Gasteiger partial charge in [0, 0.05) is 6.54 Å². The van der Waals surface area contributed by atoms with Crippen molar-refractivity contribution in [3.63, 3.8) is 0 Å². The Morgan fingerprint density at radius 2 is 2.00 bits per heavy atom. The summed E-state index contributed by atoms with van der Waals surface area (Å²) in [5.74, 6) is -1.69. The van der Waals surface area contributed by atoms with Crippen molar-refractivity contribution in [2.24, 2.45) is 0 Å². The number of esters is 1. The highest BCUT2D eigenvalue weighted by Gasteiger charge is 2.24. The van der Waals surface area contributed by atoms with Gasteiger partial charge in [-0.1, -0.05) is 35.3 Å². The summed E-state index contributed by atoms with van der Waals surface area (Å²) in [6, 6.07) is 5.67. The minimum Gasteiger partial charge on any atom is -0.448 e. The molecule has 1 amide bonds. The van der Waals surface area contributed by atoms with E-state index in [0.717, 1.165) is 11.5 Å². The van der Waals surface area contributed by atoms with Gasteiger partial charge in [0.25, 0.3) is 5.91 Å². The quantitative estimate of drug-likeness (QED) is 0.811. The second-order valence-electron chi connectivity index (χ2n) is 4.51. The lowest BCUT2D eigenvalue weighted by molar-refractivity contribution is -0.129. The molecule has 23 heavy (non-hydrogen) atoms. The van der Waals surface area contributed by atoms with Crippen LogP contribution in [0.4, 0.5) is 4.39 Å². The van der Waals surface area contributed by atoms with Gasteiger partial charge in [0.15, 0.2) is 11.8 Å². The number of aromatic nitrogens is 1. The number of ether oxygens (including phenoxy) is 1. The summed E-state index contributed by atoms with van der Waals surface area (Å²) in [7, 11) is 0. The highest BCUT2D eigenvalue weighted by Crippen LogP contribution is 2.29. The van der Waals surface area contributed by atoms with E-state index in [0.29, 0.717) is 5.56 Å². The highest BCUT2D eigenvalue weighted by atomic mass is 35.5. The summed E-state index contributed by atoms with van der Waals surface area (Å²) < 4.78 is 21.7. The predicted molar refractivity (Wildman–Crippen MR) is 85.3 cm³/mol. The lowest BCUT2D eigenvalue weighted by atomic mass is 10.2. The lowest BCUT2D eigenvalue weighted by Crippen LogP contribution is -2.35. The maximum absolute atomic E-state index is 12.8. The van der Waals surface area contributed by atoms with Crippen molar-refractivity contribution in [1.29, 1.82) is 0 Å².